The SMILES string of the molecule is CC1OCCC1(C)NC(=O)Cc1ccc(N)cn1. The van der Waals surface area contributed by atoms with Crippen LogP contribution < -0.4 is 11.1 Å². The van der Waals surface area contributed by atoms with Crippen LogP contribution in [-0.2, 0) is 16.0 Å². The summed E-state index contributed by atoms with van der Waals surface area (Å²) >= 11 is 0. The second kappa shape index (κ2) is 4.94. The van der Waals surface area contributed by atoms with Gasteiger partial charge in [0.15, 0.2) is 0 Å². The first-order valence-corrected chi connectivity index (χ1v) is 6.13. The molecule has 1 aromatic rings. The van der Waals surface area contributed by atoms with E-state index in [4.69, 9.17) is 10.5 Å². The van der Waals surface area contributed by atoms with Gasteiger partial charge in [0.05, 0.1) is 29.9 Å². The highest BCUT2D eigenvalue weighted by Gasteiger charge is 2.38. The Bertz CT molecular complexity index is 432. The van der Waals surface area contributed by atoms with Crippen molar-refractivity contribution in [1.29, 1.82) is 0 Å². The number of hydrogen-bond donors (Lipinski definition) is 2. The lowest BCUT2D eigenvalue weighted by Gasteiger charge is -2.28. The number of amides is 1. The van der Waals surface area contributed by atoms with E-state index in [1.54, 1.807) is 18.3 Å². The summed E-state index contributed by atoms with van der Waals surface area (Å²) < 4.78 is 5.49. The number of carbonyl (C=O) groups excluding carboxylic acids is 1. The van der Waals surface area contributed by atoms with E-state index in [9.17, 15) is 4.79 Å². The molecule has 5 heteroatoms. The van der Waals surface area contributed by atoms with E-state index in [1.165, 1.54) is 0 Å². The molecule has 0 bridgehead atoms. The predicted molar refractivity (Wildman–Crippen MR) is 68.9 cm³/mol. The van der Waals surface area contributed by atoms with Gasteiger partial charge in [-0.15, -0.1) is 0 Å². The fourth-order valence-corrected chi connectivity index (χ4v) is 2.07. The summed E-state index contributed by atoms with van der Waals surface area (Å²) in [5.41, 5.74) is 6.60. The molecule has 0 aromatic carbocycles. The van der Waals surface area contributed by atoms with E-state index in [0.717, 1.165) is 12.1 Å². The molecule has 2 rings (SSSR count). The van der Waals surface area contributed by atoms with Crippen molar-refractivity contribution in [1.82, 2.24) is 10.3 Å². The van der Waals surface area contributed by atoms with E-state index in [-0.39, 0.29) is 24.0 Å². The maximum Gasteiger partial charge on any atom is 0.226 e. The Morgan fingerprint density at radius 1 is 1.67 bits per heavy atom. The van der Waals surface area contributed by atoms with E-state index in [2.05, 4.69) is 10.3 Å². The van der Waals surface area contributed by atoms with Gasteiger partial charge in [-0.3, -0.25) is 9.78 Å². The molecule has 0 aliphatic carbocycles. The van der Waals surface area contributed by atoms with Gasteiger partial charge < -0.3 is 15.8 Å². The minimum atomic E-state index is -0.273. The van der Waals surface area contributed by atoms with Gasteiger partial charge in [0.1, 0.15) is 0 Å². The Hall–Kier alpha value is -1.62. The number of ether oxygens (including phenoxy) is 1. The van der Waals surface area contributed by atoms with Gasteiger partial charge in [0.2, 0.25) is 5.91 Å². The fraction of sp³-hybridized carbons (Fsp3) is 0.538. The first kappa shape index (κ1) is 12.8. The smallest absolute Gasteiger partial charge is 0.226 e. The number of nitrogens with two attached hydrogens (primary N) is 1. The number of pyridine rings is 1. The third-order valence-electron chi connectivity index (χ3n) is 3.50. The Morgan fingerprint density at radius 2 is 2.44 bits per heavy atom. The van der Waals surface area contributed by atoms with Gasteiger partial charge in [-0.05, 0) is 32.4 Å². The number of anilines is 1. The highest BCUT2D eigenvalue weighted by Crippen LogP contribution is 2.25. The summed E-state index contributed by atoms with van der Waals surface area (Å²) in [6.45, 7) is 4.69. The van der Waals surface area contributed by atoms with Crippen molar-refractivity contribution in [3.05, 3.63) is 24.0 Å². The molecule has 0 saturated carbocycles. The van der Waals surface area contributed by atoms with E-state index in [0.29, 0.717) is 12.3 Å². The Balaban J connectivity index is 1.94. The molecule has 18 heavy (non-hydrogen) atoms. The van der Waals surface area contributed by atoms with Crippen molar-refractivity contribution in [2.75, 3.05) is 12.3 Å². The third-order valence-corrected chi connectivity index (χ3v) is 3.50. The molecule has 0 radical (unpaired) electrons. The normalized spacial score (nSPS) is 27.1. The lowest BCUT2D eigenvalue weighted by atomic mass is 9.94. The van der Waals surface area contributed by atoms with Crippen molar-refractivity contribution in [3.63, 3.8) is 0 Å². The van der Waals surface area contributed by atoms with Crippen molar-refractivity contribution >= 4 is 11.6 Å². The highest BCUT2D eigenvalue weighted by molar-refractivity contribution is 5.79. The lowest BCUT2D eigenvalue weighted by molar-refractivity contribution is -0.122. The zero-order valence-electron chi connectivity index (χ0n) is 10.8. The number of carbonyl (C=O) groups is 1. The maximum atomic E-state index is 12.0. The number of hydrogen-bond acceptors (Lipinski definition) is 4. The van der Waals surface area contributed by atoms with Crippen LogP contribution in [0.1, 0.15) is 26.0 Å². The molecule has 1 saturated heterocycles. The monoisotopic (exact) mass is 249 g/mol. The topological polar surface area (TPSA) is 77.2 Å². The quantitative estimate of drug-likeness (QED) is 0.834. The molecule has 2 unspecified atom stereocenters. The minimum Gasteiger partial charge on any atom is -0.397 e. The van der Waals surface area contributed by atoms with Crippen LogP contribution in [0.2, 0.25) is 0 Å². The maximum absolute atomic E-state index is 12.0. The second-order valence-electron chi connectivity index (χ2n) is 4.99. The van der Waals surface area contributed by atoms with Crippen molar-refractivity contribution < 1.29 is 9.53 Å². The zero-order chi connectivity index (χ0) is 13.2. The van der Waals surface area contributed by atoms with E-state index < -0.39 is 0 Å². The van der Waals surface area contributed by atoms with Crippen molar-refractivity contribution in [2.45, 2.75) is 38.3 Å². The molecule has 2 heterocycles. The van der Waals surface area contributed by atoms with Gasteiger partial charge >= 0.3 is 0 Å². The van der Waals surface area contributed by atoms with Crippen LogP contribution in [0.3, 0.4) is 0 Å². The van der Waals surface area contributed by atoms with Gasteiger partial charge in [-0.25, -0.2) is 0 Å². The third kappa shape index (κ3) is 2.79. The first-order valence-electron chi connectivity index (χ1n) is 6.13. The number of nitrogens with one attached hydrogen (secondary N) is 1. The summed E-state index contributed by atoms with van der Waals surface area (Å²) in [6.07, 6.45) is 2.71. The average Bonchev–Trinajstić information content (AvgIpc) is 2.62. The summed E-state index contributed by atoms with van der Waals surface area (Å²) in [5.74, 6) is -0.0351. The van der Waals surface area contributed by atoms with Crippen LogP contribution >= 0.6 is 0 Å². The Kier molecular flexibility index (Phi) is 3.52. The average molecular weight is 249 g/mol. The Morgan fingerprint density at radius 3 is 3.00 bits per heavy atom. The number of rotatable bonds is 3. The molecule has 1 aliphatic rings. The van der Waals surface area contributed by atoms with E-state index in [1.807, 2.05) is 13.8 Å². The largest absolute Gasteiger partial charge is 0.397 e. The highest BCUT2D eigenvalue weighted by atomic mass is 16.5. The molecule has 0 spiro atoms. The molecule has 1 fully saturated rings. The standard InChI is InChI=1S/C13H19N3O2/c1-9-13(2,5-6-18-9)16-12(17)7-11-4-3-10(14)8-15-11/h3-4,8-9H,5-7,14H2,1-2H3,(H,16,17). The van der Waals surface area contributed by atoms with E-state index >= 15 is 0 Å². The molecular weight excluding hydrogens is 230 g/mol. The molecule has 3 N–H and O–H groups in total. The number of aromatic nitrogens is 1. The van der Waals surface area contributed by atoms with Crippen LogP contribution in [0.15, 0.2) is 18.3 Å². The molecule has 1 aromatic heterocycles. The molecular formula is C13H19N3O2. The van der Waals surface area contributed by atoms with Gasteiger partial charge in [0, 0.05) is 12.3 Å². The van der Waals surface area contributed by atoms with Gasteiger partial charge in [-0.1, -0.05) is 0 Å². The molecule has 1 aliphatic heterocycles. The van der Waals surface area contributed by atoms with Crippen molar-refractivity contribution in [2.24, 2.45) is 0 Å². The summed E-state index contributed by atoms with van der Waals surface area (Å²) in [6, 6.07) is 3.52. The van der Waals surface area contributed by atoms with Crippen molar-refractivity contribution in [3.8, 4) is 0 Å². The summed E-state index contributed by atoms with van der Waals surface area (Å²) in [5, 5.41) is 3.03. The molecule has 1 amide bonds. The molecule has 98 valence electrons. The summed E-state index contributed by atoms with van der Waals surface area (Å²) in [4.78, 5) is 16.1. The number of nitrogen functional groups attached to an aromatic ring is 1. The predicted octanol–water partition coefficient (Wildman–Crippen LogP) is 0.890. The first-order chi connectivity index (χ1) is 8.49. The van der Waals surface area contributed by atoms with Crippen LogP contribution in [0.5, 0.6) is 0 Å². The fourth-order valence-electron chi connectivity index (χ4n) is 2.07. The zero-order valence-corrected chi connectivity index (χ0v) is 10.8. The molecule has 2 atom stereocenters. The minimum absolute atomic E-state index is 0.0351. The second-order valence-corrected chi connectivity index (χ2v) is 4.99. The van der Waals surface area contributed by atoms with Gasteiger partial charge in [-0.2, -0.15) is 0 Å². The van der Waals surface area contributed by atoms with Crippen LogP contribution in [0.25, 0.3) is 0 Å². The van der Waals surface area contributed by atoms with Crippen LogP contribution in [0.4, 0.5) is 5.69 Å². The number of nitrogens with zero attached hydrogens (tertiary/aromatic N) is 1. The van der Waals surface area contributed by atoms with Crippen LogP contribution in [0, 0.1) is 0 Å². The molecule has 5 nitrogen and oxygen atoms in total. The Labute approximate surface area is 107 Å². The van der Waals surface area contributed by atoms with Gasteiger partial charge in [0.25, 0.3) is 0 Å². The lowest BCUT2D eigenvalue weighted by Crippen LogP contribution is -2.51. The summed E-state index contributed by atoms with van der Waals surface area (Å²) in [7, 11) is 0. The van der Waals surface area contributed by atoms with Crippen LogP contribution in [-0.4, -0.2) is 29.1 Å².